The number of nitrogens with one attached hydrogen (secondary N) is 6. The number of benzene rings is 1. The Labute approximate surface area is 360 Å². The number of carboxylic acid groups (broad SMARTS) is 1. The van der Waals surface area contributed by atoms with Crippen LogP contribution in [-0.4, -0.2) is 166 Å². The first kappa shape index (κ1) is 47.4. The predicted octanol–water partition coefficient (Wildman–Crippen LogP) is -2.24. The highest BCUT2D eigenvalue weighted by Gasteiger charge is 2.44. The number of nitrogens with zero attached hydrogens (tertiary/aromatic N) is 3. The van der Waals surface area contributed by atoms with Gasteiger partial charge in [-0.1, -0.05) is 44.2 Å². The number of aliphatic carboxylic acids is 1. The molecule has 20 heteroatoms. The zero-order valence-corrected chi connectivity index (χ0v) is 35.4. The van der Waals surface area contributed by atoms with Crippen molar-refractivity contribution in [3.63, 3.8) is 0 Å². The molecule has 0 aliphatic carbocycles. The van der Waals surface area contributed by atoms with E-state index in [9.17, 15) is 43.2 Å². The summed E-state index contributed by atoms with van der Waals surface area (Å²) in [6.07, 6.45) is 4.75. The highest BCUT2D eigenvalue weighted by molar-refractivity contribution is 5.97. The zero-order chi connectivity index (χ0) is 44.9. The number of aliphatic hydroxyl groups excluding tert-OH is 1. The van der Waals surface area contributed by atoms with Gasteiger partial charge in [0.25, 0.3) is 0 Å². The minimum absolute atomic E-state index is 0.0779. The van der Waals surface area contributed by atoms with Gasteiger partial charge in [-0.3, -0.25) is 38.4 Å². The van der Waals surface area contributed by atoms with Crippen LogP contribution >= 0.6 is 0 Å². The first-order chi connectivity index (χ1) is 29.7. The van der Waals surface area contributed by atoms with Crippen LogP contribution in [0, 0.1) is 5.92 Å². The molecule has 1 aromatic carbocycles. The number of hydrogen-bond acceptors (Lipinski definition) is 11. The molecule has 0 radical (unpaired) electrons. The second-order valence-corrected chi connectivity index (χ2v) is 16.8. The SMILES string of the molecule is CC(C)C[C@H](NC(=O)[C@H](Cc1ccccc1)NC(=O)[C@@H]1CCCN1C(=O)[C@@H]1CCCN1C(=O)[C@@H]1CCCN1)C(=O)NCC(=O)N1CCC[C@H]1C(=O)NCC(=O)N[C@@H](CO)C(=O)O. The lowest BCUT2D eigenvalue weighted by Crippen LogP contribution is -2.59. The van der Waals surface area contributed by atoms with Crippen molar-refractivity contribution in [3.05, 3.63) is 35.9 Å². The Morgan fingerprint density at radius 2 is 1.31 bits per heavy atom. The summed E-state index contributed by atoms with van der Waals surface area (Å²) < 4.78 is 0. The molecule has 4 aliphatic heterocycles. The van der Waals surface area contributed by atoms with E-state index in [-0.39, 0.29) is 49.6 Å². The molecule has 0 spiro atoms. The summed E-state index contributed by atoms with van der Waals surface area (Å²) in [5, 5.41) is 34.1. The maximum Gasteiger partial charge on any atom is 0.328 e. The number of carbonyl (C=O) groups is 9. The molecule has 0 unspecified atom stereocenters. The number of rotatable bonds is 19. The molecule has 20 nitrogen and oxygen atoms in total. The van der Waals surface area contributed by atoms with Gasteiger partial charge >= 0.3 is 5.97 Å². The van der Waals surface area contributed by atoms with E-state index in [1.165, 1.54) is 9.80 Å². The molecule has 4 aliphatic rings. The third-order valence-corrected chi connectivity index (χ3v) is 11.8. The number of amides is 8. The Morgan fingerprint density at radius 3 is 1.92 bits per heavy atom. The second-order valence-electron chi connectivity index (χ2n) is 16.8. The molecule has 340 valence electrons. The summed E-state index contributed by atoms with van der Waals surface area (Å²) >= 11 is 0. The van der Waals surface area contributed by atoms with Gasteiger partial charge in [0.15, 0.2) is 0 Å². The Kier molecular flexibility index (Phi) is 17.2. The van der Waals surface area contributed by atoms with E-state index < -0.39 is 97.4 Å². The van der Waals surface area contributed by atoms with Crippen molar-refractivity contribution in [1.29, 1.82) is 0 Å². The molecular weight excluding hydrogens is 807 g/mol. The third kappa shape index (κ3) is 12.5. The molecule has 0 saturated carbocycles. The number of hydrogen-bond donors (Lipinski definition) is 8. The summed E-state index contributed by atoms with van der Waals surface area (Å²) in [6, 6.07) is 2.43. The van der Waals surface area contributed by atoms with Gasteiger partial charge in [0.1, 0.15) is 36.3 Å². The van der Waals surface area contributed by atoms with Crippen LogP contribution in [0.25, 0.3) is 0 Å². The second kappa shape index (κ2) is 22.5. The highest BCUT2D eigenvalue weighted by Crippen LogP contribution is 2.27. The van der Waals surface area contributed by atoms with E-state index in [1.807, 2.05) is 19.9 Å². The number of carbonyl (C=O) groups excluding carboxylic acids is 8. The van der Waals surface area contributed by atoms with E-state index in [0.717, 1.165) is 18.5 Å². The summed E-state index contributed by atoms with van der Waals surface area (Å²) in [7, 11) is 0. The summed E-state index contributed by atoms with van der Waals surface area (Å²) in [6.45, 7) is 3.55. The lowest BCUT2D eigenvalue weighted by molar-refractivity contribution is -0.147. The average Bonchev–Trinajstić information content (AvgIpc) is 4.10. The summed E-state index contributed by atoms with van der Waals surface area (Å²) in [5.74, 6) is -5.80. The van der Waals surface area contributed by atoms with Gasteiger partial charge < -0.3 is 56.8 Å². The topological polar surface area (TPSA) is 276 Å². The Morgan fingerprint density at radius 1 is 0.677 bits per heavy atom. The largest absolute Gasteiger partial charge is 0.480 e. The van der Waals surface area contributed by atoms with Crippen molar-refractivity contribution in [3.8, 4) is 0 Å². The minimum atomic E-state index is -1.54. The number of carboxylic acids is 1. The van der Waals surface area contributed by atoms with Crippen molar-refractivity contribution < 1.29 is 53.4 Å². The molecule has 4 heterocycles. The first-order valence-electron chi connectivity index (χ1n) is 21.6. The molecule has 4 fully saturated rings. The van der Waals surface area contributed by atoms with Gasteiger partial charge in [0, 0.05) is 26.1 Å². The molecular formula is C42H61N9O11. The smallest absolute Gasteiger partial charge is 0.328 e. The van der Waals surface area contributed by atoms with Crippen LogP contribution in [0.1, 0.15) is 77.2 Å². The zero-order valence-electron chi connectivity index (χ0n) is 35.4. The van der Waals surface area contributed by atoms with Crippen molar-refractivity contribution in [2.45, 2.75) is 120 Å². The van der Waals surface area contributed by atoms with Crippen molar-refractivity contribution in [2.75, 3.05) is 45.9 Å². The van der Waals surface area contributed by atoms with E-state index >= 15 is 0 Å². The molecule has 0 aromatic heterocycles. The maximum absolute atomic E-state index is 14.1. The third-order valence-electron chi connectivity index (χ3n) is 11.8. The highest BCUT2D eigenvalue weighted by atomic mass is 16.4. The van der Waals surface area contributed by atoms with E-state index in [4.69, 9.17) is 10.2 Å². The van der Waals surface area contributed by atoms with Crippen LogP contribution in [-0.2, 0) is 49.6 Å². The molecule has 5 rings (SSSR count). The molecule has 0 bridgehead atoms. The van der Waals surface area contributed by atoms with Crippen molar-refractivity contribution in [2.24, 2.45) is 5.92 Å². The predicted molar refractivity (Wildman–Crippen MR) is 221 cm³/mol. The quantitative estimate of drug-likeness (QED) is 0.0734. The lowest BCUT2D eigenvalue weighted by atomic mass is 10.0. The number of likely N-dealkylation sites (tertiary alicyclic amines) is 3. The monoisotopic (exact) mass is 867 g/mol. The van der Waals surface area contributed by atoms with Gasteiger partial charge in [-0.2, -0.15) is 0 Å². The molecule has 7 atom stereocenters. The first-order valence-corrected chi connectivity index (χ1v) is 21.6. The average molecular weight is 868 g/mol. The van der Waals surface area contributed by atoms with Crippen LogP contribution in [0.3, 0.4) is 0 Å². The maximum atomic E-state index is 14.1. The standard InChI is InChI=1S/C42H61N9O11/c1-25(2)20-28(36(55)45-23-35(54)49-17-7-13-31(49)38(57)44-22-34(53)46-30(24-52)42(61)62)47-37(56)29(21-26-10-4-3-5-11-26)48-39(58)32-14-8-18-50(32)41(60)33-15-9-19-51(33)40(59)27-12-6-16-43-27/h3-5,10-11,25,27-33,43,52H,6-9,12-24H2,1-2H3,(H,44,57)(H,45,55)(H,46,53)(H,47,56)(H,48,58)(H,61,62)/t27-,28-,29-,30-,31-,32-,33-/m0/s1. The van der Waals surface area contributed by atoms with Crippen LogP contribution < -0.4 is 31.9 Å². The van der Waals surface area contributed by atoms with Gasteiger partial charge in [-0.25, -0.2) is 4.79 Å². The molecule has 62 heavy (non-hydrogen) atoms. The normalized spacial score (nSPS) is 22.4. The molecule has 8 amide bonds. The fourth-order valence-corrected chi connectivity index (χ4v) is 8.62. The molecule has 4 saturated heterocycles. The van der Waals surface area contributed by atoms with E-state index in [1.54, 1.807) is 29.2 Å². The molecule has 8 N–H and O–H groups in total. The van der Waals surface area contributed by atoms with Crippen LogP contribution in [0.2, 0.25) is 0 Å². The Balaban J connectivity index is 1.20. The lowest BCUT2D eigenvalue weighted by Gasteiger charge is -2.32. The summed E-state index contributed by atoms with van der Waals surface area (Å²) in [5.41, 5.74) is 0.739. The van der Waals surface area contributed by atoms with Crippen LogP contribution in [0.15, 0.2) is 30.3 Å². The molecule has 1 aromatic rings. The van der Waals surface area contributed by atoms with Gasteiger partial charge in [-0.05, 0) is 75.8 Å². The van der Waals surface area contributed by atoms with Crippen molar-refractivity contribution >= 4 is 53.2 Å². The van der Waals surface area contributed by atoms with E-state index in [2.05, 4.69) is 31.9 Å². The fraction of sp³-hybridized carbons (Fsp3) is 0.643. The van der Waals surface area contributed by atoms with E-state index in [0.29, 0.717) is 51.6 Å². The van der Waals surface area contributed by atoms with Gasteiger partial charge in [0.05, 0.1) is 25.7 Å². The van der Waals surface area contributed by atoms with Crippen LogP contribution in [0.5, 0.6) is 0 Å². The Hall–Kier alpha value is -5.63. The van der Waals surface area contributed by atoms with Gasteiger partial charge in [-0.15, -0.1) is 0 Å². The minimum Gasteiger partial charge on any atom is -0.480 e. The number of aliphatic hydroxyl groups is 1. The Bertz CT molecular complexity index is 1810. The fourth-order valence-electron chi connectivity index (χ4n) is 8.62. The summed E-state index contributed by atoms with van der Waals surface area (Å²) in [4.78, 5) is 123. The van der Waals surface area contributed by atoms with Crippen molar-refractivity contribution in [1.82, 2.24) is 46.6 Å². The van der Waals surface area contributed by atoms with Gasteiger partial charge in [0.2, 0.25) is 47.3 Å². The van der Waals surface area contributed by atoms with Crippen LogP contribution in [0.4, 0.5) is 0 Å².